The number of hydrogen-bond acceptors (Lipinski definition) is 3. The lowest BCUT2D eigenvalue weighted by Gasteiger charge is -2.09. The van der Waals surface area contributed by atoms with Crippen molar-refractivity contribution in [1.29, 1.82) is 0 Å². The number of nitrogens with one attached hydrogen (secondary N) is 1. The van der Waals surface area contributed by atoms with Gasteiger partial charge in [-0.3, -0.25) is 0 Å². The van der Waals surface area contributed by atoms with Crippen molar-refractivity contribution >= 4 is 43.2 Å². The van der Waals surface area contributed by atoms with E-state index >= 15 is 0 Å². The molecule has 0 aliphatic carbocycles. The van der Waals surface area contributed by atoms with Crippen LogP contribution in [0.1, 0.15) is 6.92 Å². The zero-order valence-corrected chi connectivity index (χ0v) is 10.5. The monoisotopic (exact) mass is 280 g/mol. The molecule has 2 aromatic rings. The van der Waals surface area contributed by atoms with Crippen molar-refractivity contribution in [3.63, 3.8) is 0 Å². The third-order valence-electron chi connectivity index (χ3n) is 2.05. The molecule has 4 heteroatoms. The Balaban J connectivity index is 2.49. The number of rotatable bonds is 2. The summed E-state index contributed by atoms with van der Waals surface area (Å²) in [6.07, 6.45) is 7.12. The van der Waals surface area contributed by atoms with E-state index in [-0.39, 0.29) is 6.04 Å². The lowest BCUT2D eigenvalue weighted by atomic mass is 10.3. The predicted molar refractivity (Wildman–Crippen MR) is 69.2 cm³/mol. The quantitative estimate of drug-likeness (QED) is 0.852. The smallest absolute Gasteiger partial charge is 0.144 e. The van der Waals surface area contributed by atoms with Crippen LogP contribution in [-0.4, -0.2) is 11.0 Å². The molecule has 1 unspecified atom stereocenters. The fourth-order valence-electron chi connectivity index (χ4n) is 1.28. The first-order chi connectivity index (χ1) is 7.22. The number of thiophene rings is 1. The minimum Gasteiger partial charge on any atom is -0.356 e. The van der Waals surface area contributed by atoms with Crippen LogP contribution in [0.15, 0.2) is 22.1 Å². The van der Waals surface area contributed by atoms with Gasteiger partial charge in [0.1, 0.15) is 5.82 Å². The van der Waals surface area contributed by atoms with Crippen LogP contribution in [0.2, 0.25) is 0 Å². The SMILES string of the molecule is C#CC(C)Nc1ncc(Br)c2ccsc12. The minimum absolute atomic E-state index is 0.0102. The number of nitrogens with zero attached hydrogens (tertiary/aromatic N) is 1. The van der Waals surface area contributed by atoms with E-state index in [1.807, 2.05) is 12.3 Å². The molecule has 0 aliphatic rings. The van der Waals surface area contributed by atoms with Gasteiger partial charge in [-0.2, -0.15) is 0 Å². The van der Waals surface area contributed by atoms with Gasteiger partial charge >= 0.3 is 0 Å². The Morgan fingerprint density at radius 2 is 2.47 bits per heavy atom. The van der Waals surface area contributed by atoms with Crippen molar-refractivity contribution in [3.8, 4) is 12.3 Å². The Labute approximate surface area is 101 Å². The average Bonchev–Trinajstić information content (AvgIpc) is 2.71. The zero-order valence-electron chi connectivity index (χ0n) is 8.12. The molecule has 0 radical (unpaired) electrons. The van der Waals surface area contributed by atoms with E-state index in [0.29, 0.717) is 0 Å². The Bertz CT molecular complexity index is 527. The molecule has 2 nitrogen and oxygen atoms in total. The summed E-state index contributed by atoms with van der Waals surface area (Å²) >= 11 is 5.13. The van der Waals surface area contributed by atoms with Gasteiger partial charge in [0.25, 0.3) is 0 Å². The molecular weight excluding hydrogens is 272 g/mol. The van der Waals surface area contributed by atoms with Crippen molar-refractivity contribution in [3.05, 3.63) is 22.1 Å². The van der Waals surface area contributed by atoms with Crippen molar-refractivity contribution in [2.75, 3.05) is 5.32 Å². The third-order valence-corrected chi connectivity index (χ3v) is 3.60. The molecule has 0 saturated carbocycles. The van der Waals surface area contributed by atoms with Gasteiger partial charge < -0.3 is 5.32 Å². The lowest BCUT2D eigenvalue weighted by Crippen LogP contribution is -2.13. The number of aromatic nitrogens is 1. The second-order valence-corrected chi connectivity index (χ2v) is 4.92. The molecule has 0 aliphatic heterocycles. The van der Waals surface area contributed by atoms with Gasteiger partial charge in [0, 0.05) is 16.1 Å². The highest BCUT2D eigenvalue weighted by molar-refractivity contribution is 9.10. The molecule has 1 atom stereocenters. The second-order valence-electron chi connectivity index (χ2n) is 3.15. The summed E-state index contributed by atoms with van der Waals surface area (Å²) in [5.74, 6) is 3.48. The van der Waals surface area contributed by atoms with E-state index in [1.165, 1.54) is 5.39 Å². The number of halogens is 1. The van der Waals surface area contributed by atoms with Crippen LogP contribution in [-0.2, 0) is 0 Å². The normalized spacial score (nSPS) is 12.3. The lowest BCUT2D eigenvalue weighted by molar-refractivity contribution is 1.02. The van der Waals surface area contributed by atoms with Crippen LogP contribution in [0.4, 0.5) is 5.82 Å². The van der Waals surface area contributed by atoms with Crippen LogP contribution in [0.3, 0.4) is 0 Å². The standard InChI is InChI=1S/C11H9BrN2S/c1-3-7(2)14-11-10-8(4-5-15-10)9(12)6-13-11/h1,4-7H,2H3,(H,13,14). The van der Waals surface area contributed by atoms with Gasteiger partial charge in [0.05, 0.1) is 10.7 Å². The first kappa shape index (κ1) is 10.5. The number of fused-ring (bicyclic) bond motifs is 1. The maximum atomic E-state index is 5.32. The van der Waals surface area contributed by atoms with Crippen LogP contribution in [0.25, 0.3) is 10.1 Å². The highest BCUT2D eigenvalue weighted by Gasteiger charge is 2.08. The summed E-state index contributed by atoms with van der Waals surface area (Å²) in [4.78, 5) is 4.32. The number of hydrogen-bond donors (Lipinski definition) is 1. The summed E-state index contributed by atoms with van der Waals surface area (Å²) in [7, 11) is 0. The van der Waals surface area contributed by atoms with Gasteiger partial charge in [-0.25, -0.2) is 4.98 Å². The summed E-state index contributed by atoms with van der Waals surface area (Å²) in [5, 5.41) is 6.40. The van der Waals surface area contributed by atoms with Crippen LogP contribution in [0.5, 0.6) is 0 Å². The Hall–Kier alpha value is -1.05. The minimum atomic E-state index is -0.0102. The summed E-state index contributed by atoms with van der Waals surface area (Å²) in [6, 6.07) is 2.06. The van der Waals surface area contributed by atoms with Gasteiger partial charge in [0.2, 0.25) is 0 Å². The molecule has 0 amide bonds. The molecule has 0 bridgehead atoms. The van der Waals surface area contributed by atoms with Crippen molar-refractivity contribution in [1.82, 2.24) is 4.98 Å². The highest BCUT2D eigenvalue weighted by Crippen LogP contribution is 2.32. The molecule has 0 fully saturated rings. The van der Waals surface area contributed by atoms with Crippen LogP contribution >= 0.6 is 27.3 Å². The first-order valence-electron chi connectivity index (χ1n) is 4.46. The topological polar surface area (TPSA) is 24.9 Å². The number of anilines is 1. The molecular formula is C11H9BrN2S. The summed E-state index contributed by atoms with van der Waals surface area (Å²) in [6.45, 7) is 1.93. The molecule has 2 rings (SSSR count). The summed E-state index contributed by atoms with van der Waals surface area (Å²) in [5.41, 5.74) is 0. The first-order valence-corrected chi connectivity index (χ1v) is 6.14. The largest absolute Gasteiger partial charge is 0.356 e. The molecule has 0 spiro atoms. The fraction of sp³-hybridized carbons (Fsp3) is 0.182. The Morgan fingerprint density at radius 3 is 3.20 bits per heavy atom. The van der Waals surface area contributed by atoms with Crippen LogP contribution < -0.4 is 5.32 Å². The van der Waals surface area contributed by atoms with E-state index in [2.05, 4.69) is 38.2 Å². The number of pyridine rings is 1. The fourth-order valence-corrected chi connectivity index (χ4v) is 2.71. The Morgan fingerprint density at radius 1 is 1.67 bits per heavy atom. The van der Waals surface area contributed by atoms with Gasteiger partial charge in [-0.15, -0.1) is 17.8 Å². The maximum Gasteiger partial charge on any atom is 0.144 e. The third kappa shape index (κ3) is 1.99. The number of terminal acetylenes is 1. The van der Waals surface area contributed by atoms with Crippen molar-refractivity contribution in [2.45, 2.75) is 13.0 Å². The van der Waals surface area contributed by atoms with Gasteiger partial charge in [0.15, 0.2) is 0 Å². The molecule has 0 saturated heterocycles. The average molecular weight is 281 g/mol. The van der Waals surface area contributed by atoms with E-state index in [1.54, 1.807) is 17.5 Å². The molecule has 0 aromatic carbocycles. The summed E-state index contributed by atoms with van der Waals surface area (Å²) < 4.78 is 2.14. The van der Waals surface area contributed by atoms with E-state index in [9.17, 15) is 0 Å². The zero-order chi connectivity index (χ0) is 10.8. The van der Waals surface area contributed by atoms with Crippen molar-refractivity contribution in [2.24, 2.45) is 0 Å². The van der Waals surface area contributed by atoms with E-state index in [0.717, 1.165) is 15.0 Å². The van der Waals surface area contributed by atoms with Gasteiger partial charge in [-0.05, 0) is 34.3 Å². The maximum absolute atomic E-state index is 5.32. The van der Waals surface area contributed by atoms with Crippen molar-refractivity contribution < 1.29 is 0 Å². The molecule has 2 heterocycles. The molecule has 1 N–H and O–H groups in total. The van der Waals surface area contributed by atoms with E-state index in [4.69, 9.17) is 6.42 Å². The molecule has 15 heavy (non-hydrogen) atoms. The molecule has 76 valence electrons. The van der Waals surface area contributed by atoms with Gasteiger partial charge in [-0.1, -0.05) is 5.92 Å². The second kappa shape index (κ2) is 4.21. The Kier molecular flexibility index (Phi) is 2.94. The van der Waals surface area contributed by atoms with E-state index < -0.39 is 0 Å². The predicted octanol–water partition coefficient (Wildman–Crippen LogP) is 3.49. The molecule has 2 aromatic heterocycles. The van der Waals surface area contributed by atoms with Crippen LogP contribution in [0, 0.1) is 12.3 Å². The highest BCUT2D eigenvalue weighted by atomic mass is 79.9.